The molecule has 10 heteroatoms. The van der Waals surface area contributed by atoms with E-state index >= 15 is 0 Å². The van der Waals surface area contributed by atoms with Crippen LogP contribution >= 0.6 is 0 Å². The van der Waals surface area contributed by atoms with Gasteiger partial charge in [0.1, 0.15) is 18.3 Å². The highest BCUT2D eigenvalue weighted by Gasteiger charge is 2.45. The molecule has 1 aliphatic rings. The van der Waals surface area contributed by atoms with Crippen molar-refractivity contribution in [3.8, 4) is 0 Å². The number of aromatic nitrogens is 2. The van der Waals surface area contributed by atoms with Crippen LogP contribution in [0.3, 0.4) is 0 Å². The van der Waals surface area contributed by atoms with Crippen molar-refractivity contribution >= 4 is 0 Å². The molecule has 1 aromatic rings. The lowest BCUT2D eigenvalue weighted by atomic mass is 9.99. The van der Waals surface area contributed by atoms with Crippen molar-refractivity contribution in [1.82, 2.24) is 9.55 Å². The predicted octanol–water partition coefficient (Wildman–Crippen LogP) is -2.37. The molecular weight excluding hydrogens is 282 g/mol. The second-order valence-corrected chi connectivity index (χ2v) is 4.32. The third-order valence-corrected chi connectivity index (χ3v) is 3.02. The molecule has 1 saturated heterocycles. The van der Waals surface area contributed by atoms with Gasteiger partial charge in [-0.05, 0) is 0 Å². The van der Waals surface area contributed by atoms with Crippen LogP contribution in [0, 0.1) is 5.82 Å². The number of aliphatic hydroxyl groups excluding tert-OH is 3. The number of hydrogen-bond acceptors (Lipinski definition) is 6. The zero-order valence-corrected chi connectivity index (χ0v) is 9.94. The van der Waals surface area contributed by atoms with Gasteiger partial charge in [-0.3, -0.25) is 14.3 Å². The van der Waals surface area contributed by atoms with Crippen molar-refractivity contribution in [1.29, 1.82) is 0 Å². The normalized spacial score (nSPS) is 34.1. The molecule has 2 rings (SSSR count). The van der Waals surface area contributed by atoms with Gasteiger partial charge in [0.2, 0.25) is 5.82 Å². The van der Waals surface area contributed by atoms with Crippen LogP contribution < -0.4 is 11.2 Å². The Morgan fingerprint density at radius 3 is 2.60 bits per heavy atom. The van der Waals surface area contributed by atoms with Crippen LogP contribution in [0.4, 0.5) is 8.78 Å². The van der Waals surface area contributed by atoms with Gasteiger partial charge in [0.15, 0.2) is 12.4 Å². The fraction of sp³-hybridized carbons (Fsp3) is 0.600. The number of halogens is 2. The molecule has 1 aliphatic heterocycles. The predicted molar refractivity (Wildman–Crippen MR) is 59.2 cm³/mol. The Morgan fingerprint density at radius 1 is 1.35 bits per heavy atom. The van der Waals surface area contributed by atoms with Crippen LogP contribution in [0.1, 0.15) is 6.23 Å². The van der Waals surface area contributed by atoms with E-state index in [-0.39, 0.29) is 0 Å². The Kier molecular flexibility index (Phi) is 3.99. The van der Waals surface area contributed by atoms with Gasteiger partial charge in [-0.1, -0.05) is 0 Å². The highest BCUT2D eigenvalue weighted by Crippen LogP contribution is 2.29. The maximum Gasteiger partial charge on any atom is 0.330 e. The zero-order chi connectivity index (χ0) is 15.0. The van der Waals surface area contributed by atoms with Crippen LogP contribution in [0.2, 0.25) is 0 Å². The van der Waals surface area contributed by atoms with E-state index in [1.807, 2.05) is 0 Å². The summed E-state index contributed by atoms with van der Waals surface area (Å²) in [6, 6.07) is 0. The number of rotatable bonds is 2. The number of H-pyrrole nitrogens is 1. The van der Waals surface area contributed by atoms with E-state index in [2.05, 4.69) is 0 Å². The van der Waals surface area contributed by atoms with Gasteiger partial charge in [0.05, 0.1) is 12.8 Å². The van der Waals surface area contributed by atoms with Gasteiger partial charge in [-0.25, -0.2) is 9.18 Å². The standard InChI is InChI=1S/C10H12F2N2O6/c11-3-1-14(10(19)13-8(3)18)9-5(12)7(17)6(16)4(2-15)20-9/h1,4-7,9,15-17H,2H2,(H,13,18,19)/t4-,5-,6-,7-,9-/m1/s1. The van der Waals surface area contributed by atoms with E-state index in [1.54, 1.807) is 4.98 Å². The summed E-state index contributed by atoms with van der Waals surface area (Å²) in [6.45, 7) is -0.748. The smallest absolute Gasteiger partial charge is 0.330 e. The summed E-state index contributed by atoms with van der Waals surface area (Å²) in [5.41, 5.74) is -2.43. The van der Waals surface area contributed by atoms with Crippen molar-refractivity contribution in [2.75, 3.05) is 6.61 Å². The summed E-state index contributed by atoms with van der Waals surface area (Å²) in [4.78, 5) is 24.0. The number of nitrogens with zero attached hydrogens (tertiary/aromatic N) is 1. The third-order valence-electron chi connectivity index (χ3n) is 3.02. The summed E-state index contributed by atoms with van der Waals surface area (Å²) in [6.07, 6.45) is -8.61. The lowest BCUT2D eigenvalue weighted by Crippen LogP contribution is -2.56. The van der Waals surface area contributed by atoms with Crippen LogP contribution in [0.5, 0.6) is 0 Å². The molecule has 20 heavy (non-hydrogen) atoms. The van der Waals surface area contributed by atoms with Crippen molar-refractivity contribution < 1.29 is 28.8 Å². The van der Waals surface area contributed by atoms with Crippen molar-refractivity contribution in [3.05, 3.63) is 32.9 Å². The van der Waals surface area contributed by atoms with Crippen molar-refractivity contribution in [2.45, 2.75) is 30.7 Å². The molecule has 1 fully saturated rings. The number of aromatic amines is 1. The van der Waals surface area contributed by atoms with Crippen LogP contribution in [0.25, 0.3) is 0 Å². The number of ether oxygens (including phenoxy) is 1. The highest BCUT2D eigenvalue weighted by molar-refractivity contribution is 4.95. The Hall–Kier alpha value is -1.62. The molecule has 5 atom stereocenters. The monoisotopic (exact) mass is 294 g/mol. The molecule has 0 spiro atoms. The van der Waals surface area contributed by atoms with Gasteiger partial charge >= 0.3 is 5.69 Å². The quantitative estimate of drug-likeness (QED) is 0.483. The Morgan fingerprint density at radius 2 is 2.00 bits per heavy atom. The summed E-state index contributed by atoms with van der Waals surface area (Å²) in [5.74, 6) is -1.35. The van der Waals surface area contributed by atoms with Gasteiger partial charge in [0.25, 0.3) is 5.56 Å². The minimum absolute atomic E-state index is 0.402. The van der Waals surface area contributed by atoms with Crippen LogP contribution in [-0.4, -0.2) is 56.0 Å². The molecule has 4 N–H and O–H groups in total. The third kappa shape index (κ3) is 2.38. The lowest BCUT2D eigenvalue weighted by Gasteiger charge is -2.39. The Bertz CT molecular complexity index is 600. The minimum Gasteiger partial charge on any atom is -0.394 e. The molecule has 2 heterocycles. The summed E-state index contributed by atoms with van der Waals surface area (Å²) < 4.78 is 32.4. The average Bonchev–Trinajstić information content (AvgIpc) is 2.41. The largest absolute Gasteiger partial charge is 0.394 e. The molecule has 0 amide bonds. The van der Waals surface area contributed by atoms with Crippen molar-refractivity contribution in [3.63, 3.8) is 0 Å². The van der Waals surface area contributed by atoms with Gasteiger partial charge in [-0.15, -0.1) is 0 Å². The topological polar surface area (TPSA) is 125 Å². The van der Waals surface area contributed by atoms with Crippen LogP contribution in [0.15, 0.2) is 15.8 Å². The molecule has 0 saturated carbocycles. The zero-order valence-electron chi connectivity index (χ0n) is 9.94. The second kappa shape index (κ2) is 5.40. The van der Waals surface area contributed by atoms with E-state index in [0.29, 0.717) is 10.8 Å². The molecule has 112 valence electrons. The summed E-state index contributed by atoms with van der Waals surface area (Å²) in [5, 5.41) is 27.9. The van der Waals surface area contributed by atoms with Gasteiger partial charge in [0, 0.05) is 0 Å². The Balaban J connectivity index is 2.44. The number of nitrogens with one attached hydrogen (secondary N) is 1. The van der Waals surface area contributed by atoms with E-state index in [9.17, 15) is 28.6 Å². The highest BCUT2D eigenvalue weighted by atomic mass is 19.1. The maximum absolute atomic E-state index is 13.9. The second-order valence-electron chi connectivity index (χ2n) is 4.32. The van der Waals surface area contributed by atoms with Crippen LogP contribution in [-0.2, 0) is 4.74 Å². The van der Waals surface area contributed by atoms with Gasteiger partial charge < -0.3 is 20.1 Å². The SMILES string of the molecule is O=c1[nH]c(=O)n([C@@H]2O[C@H](CO)[C@@H](O)[C@H](O)[C@H]2F)cc1F. The Labute approximate surface area is 109 Å². The first-order chi connectivity index (χ1) is 9.36. The fourth-order valence-corrected chi connectivity index (χ4v) is 1.93. The summed E-state index contributed by atoms with van der Waals surface area (Å²) in [7, 11) is 0. The minimum atomic E-state index is -2.25. The van der Waals surface area contributed by atoms with E-state index in [0.717, 1.165) is 0 Å². The van der Waals surface area contributed by atoms with Gasteiger partial charge in [-0.2, -0.15) is 4.39 Å². The molecule has 0 bridgehead atoms. The summed E-state index contributed by atoms with van der Waals surface area (Å²) >= 11 is 0. The molecule has 0 aliphatic carbocycles. The first kappa shape index (κ1) is 14.8. The molecule has 0 unspecified atom stereocenters. The molecule has 0 radical (unpaired) electrons. The maximum atomic E-state index is 13.9. The molecule has 0 aromatic carbocycles. The first-order valence-corrected chi connectivity index (χ1v) is 5.64. The van der Waals surface area contributed by atoms with Crippen molar-refractivity contribution in [2.24, 2.45) is 0 Å². The number of alkyl halides is 1. The first-order valence-electron chi connectivity index (χ1n) is 5.64. The van der Waals surface area contributed by atoms with E-state index < -0.39 is 54.4 Å². The average molecular weight is 294 g/mol. The number of aliphatic hydroxyl groups is 3. The fourth-order valence-electron chi connectivity index (χ4n) is 1.93. The lowest BCUT2D eigenvalue weighted by molar-refractivity contribution is -0.235. The van der Waals surface area contributed by atoms with E-state index in [1.165, 1.54) is 0 Å². The number of hydrogen-bond donors (Lipinski definition) is 4. The van der Waals surface area contributed by atoms with E-state index in [4.69, 9.17) is 9.84 Å². The molecule has 8 nitrogen and oxygen atoms in total. The molecule has 1 aromatic heterocycles. The molecular formula is C10H12F2N2O6.